The van der Waals surface area contributed by atoms with Gasteiger partial charge in [-0.25, -0.2) is 4.68 Å². The zero-order valence-corrected chi connectivity index (χ0v) is 15.0. The molecule has 1 aromatic heterocycles. The maximum Gasteiger partial charge on any atom is 0.224 e. The van der Waals surface area contributed by atoms with Crippen molar-refractivity contribution in [2.75, 3.05) is 13.1 Å². The number of hydrogen-bond acceptors (Lipinski definition) is 5. The van der Waals surface area contributed by atoms with Gasteiger partial charge in [0.1, 0.15) is 6.33 Å². The molecule has 3 aromatic rings. The fourth-order valence-corrected chi connectivity index (χ4v) is 3.65. The van der Waals surface area contributed by atoms with Gasteiger partial charge in [-0.3, -0.25) is 9.59 Å². The molecule has 1 fully saturated rings. The van der Waals surface area contributed by atoms with Crippen LogP contribution in [0.25, 0.3) is 10.8 Å². The van der Waals surface area contributed by atoms with E-state index in [2.05, 4.69) is 15.5 Å². The summed E-state index contributed by atoms with van der Waals surface area (Å²) in [6.07, 6.45) is 3.50. The van der Waals surface area contributed by atoms with E-state index in [1.807, 2.05) is 42.5 Å². The minimum atomic E-state index is -0.142. The Morgan fingerprint density at radius 1 is 1.11 bits per heavy atom. The summed E-state index contributed by atoms with van der Waals surface area (Å²) in [5, 5.41) is 13.1. The second kappa shape index (κ2) is 7.65. The molecule has 1 aliphatic rings. The van der Waals surface area contributed by atoms with E-state index in [1.54, 1.807) is 9.58 Å². The van der Waals surface area contributed by atoms with Crippen LogP contribution in [0.4, 0.5) is 0 Å². The number of carbonyl (C=O) groups is 2. The molecule has 0 radical (unpaired) electrons. The summed E-state index contributed by atoms with van der Waals surface area (Å²) < 4.78 is 1.54. The van der Waals surface area contributed by atoms with Crippen molar-refractivity contribution in [2.45, 2.75) is 25.8 Å². The molecule has 1 aliphatic heterocycles. The lowest BCUT2D eigenvalue weighted by atomic mass is 9.89. The summed E-state index contributed by atoms with van der Waals surface area (Å²) in [5.41, 5.74) is 0.724. The SMILES string of the molecule is O=C(c1ccc2ccccc2c1)[C@H]1CCCN(C(=O)CCn2cnnn2)C1. The summed E-state index contributed by atoms with van der Waals surface area (Å²) in [5.74, 6) is 0.0251. The highest BCUT2D eigenvalue weighted by Gasteiger charge is 2.29. The minimum absolute atomic E-state index is 0.0431. The molecular formula is C20H21N5O2. The maximum atomic E-state index is 13.0. The van der Waals surface area contributed by atoms with Crippen molar-refractivity contribution in [3.8, 4) is 0 Å². The highest BCUT2D eigenvalue weighted by Crippen LogP contribution is 2.24. The molecular weight excluding hydrogens is 342 g/mol. The summed E-state index contributed by atoms with van der Waals surface area (Å²) in [4.78, 5) is 27.3. The third-order valence-corrected chi connectivity index (χ3v) is 5.13. The number of piperidine rings is 1. The van der Waals surface area contributed by atoms with Crippen LogP contribution in [-0.2, 0) is 11.3 Å². The standard InChI is InChI=1S/C20H21N5O2/c26-19(9-11-25-14-21-22-23-25)24-10-3-6-18(13-24)20(27)17-8-7-15-4-1-2-5-16(15)12-17/h1-2,4-5,7-8,12,14,18H,3,6,9-11,13H2/t18-/m0/s1. The number of carbonyl (C=O) groups excluding carboxylic acids is 2. The van der Waals surface area contributed by atoms with Gasteiger partial charge in [-0.1, -0.05) is 36.4 Å². The van der Waals surface area contributed by atoms with Crippen LogP contribution in [0.15, 0.2) is 48.8 Å². The Kier molecular flexibility index (Phi) is 4.91. The fraction of sp³-hybridized carbons (Fsp3) is 0.350. The molecule has 7 heteroatoms. The van der Waals surface area contributed by atoms with Gasteiger partial charge in [0.15, 0.2) is 5.78 Å². The number of rotatable bonds is 5. The van der Waals surface area contributed by atoms with Crippen molar-refractivity contribution in [2.24, 2.45) is 5.92 Å². The topological polar surface area (TPSA) is 81.0 Å². The molecule has 0 bridgehead atoms. The normalized spacial score (nSPS) is 17.2. The number of amides is 1. The average molecular weight is 363 g/mol. The van der Waals surface area contributed by atoms with E-state index in [-0.39, 0.29) is 17.6 Å². The van der Waals surface area contributed by atoms with Gasteiger partial charge < -0.3 is 4.90 Å². The second-order valence-corrected chi connectivity index (χ2v) is 6.93. The molecule has 4 rings (SSSR count). The summed E-state index contributed by atoms with van der Waals surface area (Å²) in [7, 11) is 0. The second-order valence-electron chi connectivity index (χ2n) is 6.93. The van der Waals surface area contributed by atoms with Gasteiger partial charge in [0, 0.05) is 31.0 Å². The average Bonchev–Trinajstić information content (AvgIpc) is 3.25. The van der Waals surface area contributed by atoms with E-state index in [1.165, 1.54) is 6.33 Å². The van der Waals surface area contributed by atoms with E-state index in [4.69, 9.17) is 0 Å². The molecule has 2 heterocycles. The predicted octanol–water partition coefficient (Wildman–Crippen LogP) is 2.34. The fourth-order valence-electron chi connectivity index (χ4n) is 3.65. The number of Topliss-reactive ketones (excluding diaryl/α,β-unsaturated/α-hetero) is 1. The van der Waals surface area contributed by atoms with Crippen LogP contribution in [0.5, 0.6) is 0 Å². The predicted molar refractivity (Wildman–Crippen MR) is 100 cm³/mol. The number of aromatic nitrogens is 4. The number of hydrogen-bond donors (Lipinski definition) is 0. The number of aryl methyl sites for hydroxylation is 1. The van der Waals surface area contributed by atoms with Crippen molar-refractivity contribution in [1.82, 2.24) is 25.1 Å². The molecule has 2 aromatic carbocycles. The van der Waals surface area contributed by atoms with E-state index in [9.17, 15) is 9.59 Å². The van der Waals surface area contributed by atoms with Gasteiger partial charge in [0.05, 0.1) is 6.54 Å². The smallest absolute Gasteiger partial charge is 0.224 e. The molecule has 0 N–H and O–H groups in total. The Balaban J connectivity index is 1.42. The monoisotopic (exact) mass is 363 g/mol. The zero-order chi connectivity index (χ0) is 18.6. The van der Waals surface area contributed by atoms with Gasteiger partial charge in [0.25, 0.3) is 0 Å². The van der Waals surface area contributed by atoms with Crippen LogP contribution in [-0.4, -0.2) is 49.9 Å². The summed E-state index contributed by atoms with van der Waals surface area (Å²) >= 11 is 0. The molecule has 7 nitrogen and oxygen atoms in total. The van der Waals surface area contributed by atoms with Crippen molar-refractivity contribution in [1.29, 1.82) is 0 Å². The molecule has 1 atom stereocenters. The van der Waals surface area contributed by atoms with Gasteiger partial charge in [0.2, 0.25) is 5.91 Å². The minimum Gasteiger partial charge on any atom is -0.342 e. The third-order valence-electron chi connectivity index (χ3n) is 5.13. The molecule has 0 aliphatic carbocycles. The molecule has 27 heavy (non-hydrogen) atoms. The number of nitrogens with zero attached hydrogens (tertiary/aromatic N) is 5. The van der Waals surface area contributed by atoms with Crippen LogP contribution in [0, 0.1) is 5.92 Å². The Morgan fingerprint density at radius 2 is 1.96 bits per heavy atom. The quantitative estimate of drug-likeness (QED) is 0.650. The Bertz CT molecular complexity index is 954. The van der Waals surface area contributed by atoms with E-state index < -0.39 is 0 Å². The van der Waals surface area contributed by atoms with E-state index in [0.717, 1.165) is 29.2 Å². The van der Waals surface area contributed by atoms with Crippen LogP contribution in [0.1, 0.15) is 29.6 Å². The molecule has 1 amide bonds. The first-order chi connectivity index (χ1) is 13.2. The van der Waals surface area contributed by atoms with Crippen LogP contribution in [0.2, 0.25) is 0 Å². The number of benzene rings is 2. The Labute approximate surface area is 157 Å². The van der Waals surface area contributed by atoms with Crippen LogP contribution in [0.3, 0.4) is 0 Å². The Hall–Kier alpha value is -3.09. The lowest BCUT2D eigenvalue weighted by Crippen LogP contribution is -2.42. The first kappa shape index (κ1) is 17.3. The maximum absolute atomic E-state index is 13.0. The van der Waals surface area contributed by atoms with Crippen LogP contribution < -0.4 is 0 Å². The lowest BCUT2D eigenvalue weighted by Gasteiger charge is -2.32. The summed E-state index contributed by atoms with van der Waals surface area (Å²) in [6.45, 7) is 1.64. The first-order valence-corrected chi connectivity index (χ1v) is 9.22. The van der Waals surface area contributed by atoms with Crippen molar-refractivity contribution < 1.29 is 9.59 Å². The zero-order valence-electron chi connectivity index (χ0n) is 15.0. The Morgan fingerprint density at radius 3 is 2.78 bits per heavy atom. The summed E-state index contributed by atoms with van der Waals surface area (Å²) in [6, 6.07) is 13.9. The highest BCUT2D eigenvalue weighted by molar-refractivity contribution is 6.01. The van der Waals surface area contributed by atoms with Gasteiger partial charge >= 0.3 is 0 Å². The van der Waals surface area contributed by atoms with Crippen molar-refractivity contribution in [3.63, 3.8) is 0 Å². The van der Waals surface area contributed by atoms with Gasteiger partial charge in [-0.05, 0) is 40.1 Å². The van der Waals surface area contributed by atoms with E-state index >= 15 is 0 Å². The van der Waals surface area contributed by atoms with Crippen LogP contribution >= 0.6 is 0 Å². The number of fused-ring (bicyclic) bond motifs is 1. The molecule has 1 saturated heterocycles. The first-order valence-electron chi connectivity index (χ1n) is 9.22. The third kappa shape index (κ3) is 3.86. The lowest BCUT2D eigenvalue weighted by molar-refractivity contribution is -0.132. The molecule has 0 spiro atoms. The van der Waals surface area contributed by atoms with Crippen molar-refractivity contribution in [3.05, 3.63) is 54.4 Å². The van der Waals surface area contributed by atoms with Gasteiger partial charge in [-0.2, -0.15) is 0 Å². The number of likely N-dealkylation sites (tertiary alicyclic amines) is 1. The number of ketones is 1. The largest absolute Gasteiger partial charge is 0.342 e. The highest BCUT2D eigenvalue weighted by atomic mass is 16.2. The van der Waals surface area contributed by atoms with E-state index in [0.29, 0.717) is 26.1 Å². The molecule has 0 unspecified atom stereocenters. The molecule has 138 valence electrons. The van der Waals surface area contributed by atoms with Crippen molar-refractivity contribution >= 4 is 22.5 Å². The number of tetrazole rings is 1. The van der Waals surface area contributed by atoms with Gasteiger partial charge in [-0.15, -0.1) is 5.10 Å². The molecule has 0 saturated carbocycles.